The molecule has 156 valence electrons. The second kappa shape index (κ2) is 11.6. The number of hydrogen-bond donors (Lipinski definition) is 1. The van der Waals surface area contributed by atoms with Gasteiger partial charge in [0.15, 0.2) is 5.69 Å². The summed E-state index contributed by atoms with van der Waals surface area (Å²) in [6, 6.07) is -0.980. The van der Waals surface area contributed by atoms with Gasteiger partial charge in [0.1, 0.15) is 17.2 Å². The number of esters is 1. The minimum Gasteiger partial charge on any atom is -0.464 e. The molecule has 0 aliphatic carbocycles. The lowest BCUT2D eigenvalue weighted by Gasteiger charge is -2.28. The van der Waals surface area contributed by atoms with Gasteiger partial charge in [0.2, 0.25) is 5.91 Å². The topological polar surface area (TPSA) is 126 Å². The van der Waals surface area contributed by atoms with E-state index in [1.807, 2.05) is 27.7 Å². The van der Waals surface area contributed by atoms with E-state index >= 15 is 0 Å². The largest absolute Gasteiger partial charge is 0.464 e. The van der Waals surface area contributed by atoms with Crippen LogP contribution in [0.4, 0.5) is 0 Å². The molecule has 1 amide bonds. The molecule has 0 aliphatic heterocycles. The fourth-order valence-electron chi connectivity index (χ4n) is 2.63. The number of carbonyl (C=O) groups is 2. The predicted molar refractivity (Wildman–Crippen MR) is 107 cm³/mol. The van der Waals surface area contributed by atoms with Gasteiger partial charge in [0.05, 0.1) is 7.11 Å². The quantitative estimate of drug-likeness (QED) is 0.256. The third-order valence-corrected chi connectivity index (χ3v) is 5.64. The predicted octanol–water partition coefficient (Wildman–Crippen LogP) is 3.87. The molecule has 0 unspecified atom stereocenters. The second-order valence-electron chi connectivity index (χ2n) is 6.92. The summed E-state index contributed by atoms with van der Waals surface area (Å²) in [5.41, 5.74) is 9.02. The fraction of sp³-hybridized carbons (Fsp3) is 0.722. The van der Waals surface area contributed by atoms with Gasteiger partial charge in [-0.3, -0.25) is 4.79 Å². The standard InChI is InChI=1S/C18H29N5O4S/c1-7-11(4)15(22-23-19)16(24)20-12(10(2)3)8-14(26-5)17-21-13(9-28-17)18(25)27-6/h9-12,14-15H,7-8H2,1-6H3,(H,20,24)/t11-,12+,14+,15-/m0/s1. The molecule has 0 bridgehead atoms. The molecule has 1 aromatic heterocycles. The zero-order valence-electron chi connectivity index (χ0n) is 17.2. The molecule has 0 fully saturated rings. The van der Waals surface area contributed by atoms with Gasteiger partial charge in [-0.1, -0.05) is 39.2 Å². The number of azide groups is 1. The Bertz CT molecular complexity index is 702. The zero-order chi connectivity index (χ0) is 21.3. The lowest BCUT2D eigenvalue weighted by atomic mass is 9.95. The summed E-state index contributed by atoms with van der Waals surface area (Å²) < 4.78 is 10.2. The third-order valence-electron chi connectivity index (χ3n) is 4.70. The Morgan fingerprint density at radius 3 is 2.54 bits per heavy atom. The first-order chi connectivity index (χ1) is 13.3. The van der Waals surface area contributed by atoms with Crippen molar-refractivity contribution in [3.63, 3.8) is 0 Å². The molecule has 1 heterocycles. The number of hydrogen-bond acceptors (Lipinski definition) is 7. The van der Waals surface area contributed by atoms with Gasteiger partial charge in [-0.25, -0.2) is 9.78 Å². The monoisotopic (exact) mass is 411 g/mol. The van der Waals surface area contributed by atoms with Crippen LogP contribution in [-0.2, 0) is 14.3 Å². The maximum absolute atomic E-state index is 12.7. The van der Waals surface area contributed by atoms with E-state index in [4.69, 9.17) is 10.3 Å². The van der Waals surface area contributed by atoms with Crippen molar-refractivity contribution in [1.29, 1.82) is 0 Å². The molecule has 1 rings (SSSR count). The molecule has 1 aromatic rings. The van der Waals surface area contributed by atoms with E-state index in [0.29, 0.717) is 11.4 Å². The summed E-state index contributed by atoms with van der Waals surface area (Å²) in [5, 5.41) is 8.92. The van der Waals surface area contributed by atoms with Crippen molar-refractivity contribution in [2.45, 2.75) is 58.7 Å². The SMILES string of the molecule is CC[C@H](C)[C@H](N=[N+]=[N-])C(=O)N[C@H](C[C@@H](OC)c1nc(C(=O)OC)cs1)C(C)C. The third kappa shape index (κ3) is 6.47. The lowest BCUT2D eigenvalue weighted by Crippen LogP contribution is -2.45. The average Bonchev–Trinajstić information content (AvgIpc) is 3.17. The molecule has 0 aromatic carbocycles. The van der Waals surface area contributed by atoms with Gasteiger partial charge in [-0.05, 0) is 17.4 Å². The van der Waals surface area contributed by atoms with Crippen molar-refractivity contribution < 1.29 is 19.1 Å². The van der Waals surface area contributed by atoms with Crippen molar-refractivity contribution in [3.05, 3.63) is 26.5 Å². The molecular formula is C18H29N5O4S. The van der Waals surface area contributed by atoms with Crippen LogP contribution in [0.25, 0.3) is 10.4 Å². The molecule has 1 N–H and O–H groups in total. The van der Waals surface area contributed by atoms with Gasteiger partial charge in [0.25, 0.3) is 0 Å². The number of ether oxygens (including phenoxy) is 2. The van der Waals surface area contributed by atoms with Crippen LogP contribution >= 0.6 is 11.3 Å². The van der Waals surface area contributed by atoms with Gasteiger partial charge in [-0.15, -0.1) is 11.3 Å². The maximum Gasteiger partial charge on any atom is 0.357 e. The van der Waals surface area contributed by atoms with E-state index in [0.717, 1.165) is 6.42 Å². The molecule has 28 heavy (non-hydrogen) atoms. The first-order valence-corrected chi connectivity index (χ1v) is 10.1. The normalized spacial score (nSPS) is 15.2. The molecule has 0 aliphatic rings. The van der Waals surface area contributed by atoms with Crippen molar-refractivity contribution >= 4 is 23.2 Å². The molecule has 10 heteroatoms. The van der Waals surface area contributed by atoms with Crippen LogP contribution < -0.4 is 5.32 Å². The van der Waals surface area contributed by atoms with E-state index in [1.165, 1.54) is 18.4 Å². The van der Waals surface area contributed by atoms with Crippen LogP contribution in [0.5, 0.6) is 0 Å². The minimum absolute atomic E-state index is 0.0662. The van der Waals surface area contributed by atoms with Gasteiger partial charge in [0, 0.05) is 29.9 Å². The second-order valence-corrected chi connectivity index (χ2v) is 7.81. The summed E-state index contributed by atoms with van der Waals surface area (Å²) in [4.78, 5) is 31.4. The van der Waals surface area contributed by atoms with Crippen LogP contribution in [-0.4, -0.2) is 43.2 Å². The van der Waals surface area contributed by atoms with Crippen molar-refractivity contribution in [2.75, 3.05) is 14.2 Å². The van der Waals surface area contributed by atoms with E-state index in [2.05, 4.69) is 25.1 Å². The van der Waals surface area contributed by atoms with E-state index in [1.54, 1.807) is 12.5 Å². The zero-order valence-corrected chi connectivity index (χ0v) is 18.0. The number of rotatable bonds is 11. The highest BCUT2D eigenvalue weighted by atomic mass is 32.1. The maximum atomic E-state index is 12.7. The number of aromatic nitrogens is 1. The molecule has 0 spiro atoms. The Labute approximate surface area is 169 Å². The highest BCUT2D eigenvalue weighted by Crippen LogP contribution is 2.28. The number of thiazole rings is 1. The Balaban J connectivity index is 2.95. The first kappa shape index (κ1) is 23.9. The molecule has 9 nitrogen and oxygen atoms in total. The Hall–Kier alpha value is -2.16. The van der Waals surface area contributed by atoms with E-state index < -0.39 is 18.1 Å². The number of amides is 1. The Morgan fingerprint density at radius 2 is 2.04 bits per heavy atom. The fourth-order valence-corrected chi connectivity index (χ4v) is 3.51. The van der Waals surface area contributed by atoms with E-state index in [-0.39, 0.29) is 29.5 Å². The Morgan fingerprint density at radius 1 is 1.36 bits per heavy atom. The molecule has 0 radical (unpaired) electrons. The molecular weight excluding hydrogens is 382 g/mol. The first-order valence-electron chi connectivity index (χ1n) is 9.20. The lowest BCUT2D eigenvalue weighted by molar-refractivity contribution is -0.124. The van der Waals surface area contributed by atoms with Crippen LogP contribution in [0, 0.1) is 11.8 Å². The summed E-state index contributed by atoms with van der Waals surface area (Å²) in [5.74, 6) is -0.749. The minimum atomic E-state index is -0.761. The highest BCUT2D eigenvalue weighted by Gasteiger charge is 2.29. The number of nitrogens with one attached hydrogen (secondary N) is 1. The smallest absolute Gasteiger partial charge is 0.357 e. The number of nitrogens with zero attached hydrogens (tertiary/aromatic N) is 4. The van der Waals surface area contributed by atoms with Crippen LogP contribution in [0.15, 0.2) is 10.5 Å². The summed E-state index contributed by atoms with van der Waals surface area (Å²) in [6.45, 7) is 7.81. The van der Waals surface area contributed by atoms with Gasteiger partial charge in [-0.2, -0.15) is 0 Å². The van der Waals surface area contributed by atoms with Crippen LogP contribution in [0.2, 0.25) is 0 Å². The summed E-state index contributed by atoms with van der Waals surface area (Å²) >= 11 is 1.31. The highest BCUT2D eigenvalue weighted by molar-refractivity contribution is 7.09. The summed E-state index contributed by atoms with van der Waals surface area (Å²) in [7, 11) is 2.86. The molecule has 4 atom stereocenters. The van der Waals surface area contributed by atoms with Gasteiger partial charge >= 0.3 is 5.97 Å². The number of methoxy groups -OCH3 is 2. The van der Waals surface area contributed by atoms with Crippen molar-refractivity contribution in [1.82, 2.24) is 10.3 Å². The van der Waals surface area contributed by atoms with Crippen LogP contribution in [0.1, 0.15) is 62.1 Å². The van der Waals surface area contributed by atoms with E-state index in [9.17, 15) is 9.59 Å². The van der Waals surface area contributed by atoms with Crippen molar-refractivity contribution in [3.8, 4) is 0 Å². The summed E-state index contributed by atoms with van der Waals surface area (Å²) in [6.07, 6.45) is 0.800. The molecule has 0 saturated carbocycles. The van der Waals surface area contributed by atoms with Crippen LogP contribution in [0.3, 0.4) is 0 Å². The Kier molecular flexibility index (Phi) is 9.92. The van der Waals surface area contributed by atoms with Gasteiger partial charge < -0.3 is 14.8 Å². The average molecular weight is 412 g/mol. The number of carbonyl (C=O) groups excluding carboxylic acids is 2. The molecule has 0 saturated heterocycles. The van der Waals surface area contributed by atoms with Crippen molar-refractivity contribution in [2.24, 2.45) is 17.0 Å².